The summed E-state index contributed by atoms with van der Waals surface area (Å²) in [6.45, 7) is 6.22. The van der Waals surface area contributed by atoms with Crippen LogP contribution in [0.2, 0.25) is 0 Å². The number of sulfonamides is 1. The van der Waals surface area contributed by atoms with Gasteiger partial charge in [-0.2, -0.15) is 5.10 Å². The van der Waals surface area contributed by atoms with Crippen LogP contribution in [0.25, 0.3) is 0 Å². The van der Waals surface area contributed by atoms with Crippen molar-refractivity contribution < 1.29 is 13.2 Å². The molecule has 1 aromatic heterocycles. The number of nitrogens with one attached hydrogen (secondary N) is 1. The molecule has 0 bridgehead atoms. The summed E-state index contributed by atoms with van der Waals surface area (Å²) in [7, 11) is -3.30. The molecule has 1 aliphatic rings. The van der Waals surface area contributed by atoms with E-state index in [2.05, 4.69) is 9.82 Å². The normalized spacial score (nSPS) is 19.6. The number of ether oxygens (including phenoxy) is 1. The van der Waals surface area contributed by atoms with E-state index in [4.69, 9.17) is 4.74 Å². The summed E-state index contributed by atoms with van der Waals surface area (Å²) in [5.41, 5.74) is 0. The van der Waals surface area contributed by atoms with Crippen molar-refractivity contribution in [2.24, 2.45) is 11.8 Å². The van der Waals surface area contributed by atoms with Crippen molar-refractivity contribution in [1.82, 2.24) is 9.78 Å². The van der Waals surface area contributed by atoms with Crippen LogP contribution in [0.5, 0.6) is 0 Å². The molecule has 1 N–H and O–H groups in total. The first-order valence-electron chi connectivity index (χ1n) is 7.06. The molecular formula is C13H23N3O3S. The number of hydrogen-bond acceptors (Lipinski definition) is 4. The van der Waals surface area contributed by atoms with Crippen LogP contribution >= 0.6 is 0 Å². The second kappa shape index (κ2) is 6.58. The van der Waals surface area contributed by atoms with Gasteiger partial charge in [0.05, 0.1) is 18.6 Å². The highest BCUT2D eigenvalue weighted by Crippen LogP contribution is 2.18. The molecular weight excluding hydrogens is 278 g/mol. The zero-order valence-electron chi connectivity index (χ0n) is 12.1. The molecule has 1 fully saturated rings. The van der Waals surface area contributed by atoms with Crippen LogP contribution in [0.3, 0.4) is 0 Å². The van der Waals surface area contributed by atoms with Gasteiger partial charge in [-0.3, -0.25) is 4.72 Å². The van der Waals surface area contributed by atoms with E-state index >= 15 is 0 Å². The third-order valence-electron chi connectivity index (χ3n) is 3.40. The Morgan fingerprint density at radius 1 is 1.55 bits per heavy atom. The Balaban J connectivity index is 1.97. The summed E-state index contributed by atoms with van der Waals surface area (Å²) in [5.74, 6) is 1.46. The molecule has 0 aliphatic carbocycles. The molecule has 0 amide bonds. The lowest BCUT2D eigenvalue weighted by Gasteiger charge is -2.13. The van der Waals surface area contributed by atoms with Crippen LogP contribution in [0, 0.1) is 11.8 Å². The molecule has 2 heterocycles. The Bertz CT molecular complexity index is 519. The molecule has 114 valence electrons. The van der Waals surface area contributed by atoms with E-state index in [0.717, 1.165) is 19.6 Å². The smallest absolute Gasteiger partial charge is 0.233 e. The Labute approximate surface area is 120 Å². The van der Waals surface area contributed by atoms with Crippen molar-refractivity contribution in [3.63, 3.8) is 0 Å². The second-order valence-corrected chi connectivity index (χ2v) is 7.57. The first kappa shape index (κ1) is 15.3. The molecule has 1 atom stereocenters. The van der Waals surface area contributed by atoms with E-state index in [-0.39, 0.29) is 5.75 Å². The number of nitrogens with zero attached hydrogens (tertiary/aromatic N) is 2. The summed E-state index contributed by atoms with van der Waals surface area (Å²) < 4.78 is 33.7. The molecule has 6 nitrogen and oxygen atoms in total. The van der Waals surface area contributed by atoms with Crippen LogP contribution in [0.1, 0.15) is 26.7 Å². The zero-order chi connectivity index (χ0) is 14.6. The summed E-state index contributed by atoms with van der Waals surface area (Å²) in [4.78, 5) is 0. The second-order valence-electron chi connectivity index (χ2n) is 5.73. The highest BCUT2D eigenvalue weighted by atomic mass is 32.2. The predicted octanol–water partition coefficient (Wildman–Crippen LogP) is 1.71. The highest BCUT2D eigenvalue weighted by molar-refractivity contribution is 7.92. The van der Waals surface area contributed by atoms with Gasteiger partial charge in [-0.1, -0.05) is 13.8 Å². The molecule has 0 spiro atoms. The third kappa shape index (κ3) is 4.49. The maximum atomic E-state index is 12.0. The van der Waals surface area contributed by atoms with Gasteiger partial charge in [-0.25, -0.2) is 13.1 Å². The quantitative estimate of drug-likeness (QED) is 0.832. The van der Waals surface area contributed by atoms with Crippen molar-refractivity contribution >= 4 is 15.8 Å². The summed E-state index contributed by atoms with van der Waals surface area (Å²) in [5, 5.41) is 4.19. The number of hydrogen-bond donors (Lipinski definition) is 1. The van der Waals surface area contributed by atoms with Crippen LogP contribution in [-0.2, 0) is 21.3 Å². The minimum Gasteiger partial charge on any atom is -0.381 e. The fraction of sp³-hybridized carbons (Fsp3) is 0.769. The fourth-order valence-electron chi connectivity index (χ4n) is 2.14. The van der Waals surface area contributed by atoms with Crippen LogP contribution in [-0.4, -0.2) is 37.2 Å². The van der Waals surface area contributed by atoms with Crippen LogP contribution in [0.4, 0.5) is 5.82 Å². The van der Waals surface area contributed by atoms with Crippen molar-refractivity contribution in [3.8, 4) is 0 Å². The summed E-state index contributed by atoms with van der Waals surface area (Å²) in [6, 6.07) is 1.70. The molecule has 20 heavy (non-hydrogen) atoms. The number of anilines is 1. The largest absolute Gasteiger partial charge is 0.381 e. The van der Waals surface area contributed by atoms with Gasteiger partial charge in [0, 0.05) is 25.1 Å². The monoisotopic (exact) mass is 301 g/mol. The van der Waals surface area contributed by atoms with Gasteiger partial charge in [-0.15, -0.1) is 0 Å². The van der Waals surface area contributed by atoms with E-state index in [1.165, 1.54) is 0 Å². The summed E-state index contributed by atoms with van der Waals surface area (Å²) in [6.07, 6.45) is 3.27. The van der Waals surface area contributed by atoms with Crippen molar-refractivity contribution in [2.45, 2.75) is 33.2 Å². The fourth-order valence-corrected chi connectivity index (χ4v) is 3.51. The first-order valence-corrected chi connectivity index (χ1v) is 8.71. The van der Waals surface area contributed by atoms with Crippen LogP contribution < -0.4 is 4.72 Å². The number of aromatic nitrogens is 2. The van der Waals surface area contributed by atoms with Gasteiger partial charge in [0.1, 0.15) is 5.82 Å². The van der Waals surface area contributed by atoms with Gasteiger partial charge < -0.3 is 4.74 Å². The van der Waals surface area contributed by atoms with Crippen molar-refractivity contribution in [1.29, 1.82) is 0 Å². The Hall–Kier alpha value is -1.08. The summed E-state index contributed by atoms with van der Waals surface area (Å²) >= 11 is 0. The molecule has 0 saturated carbocycles. The van der Waals surface area contributed by atoms with E-state index in [9.17, 15) is 8.42 Å². The Morgan fingerprint density at radius 3 is 3.00 bits per heavy atom. The lowest BCUT2D eigenvalue weighted by atomic mass is 10.1. The molecule has 2 rings (SSSR count). The maximum Gasteiger partial charge on any atom is 0.233 e. The molecule has 7 heteroatoms. The predicted molar refractivity (Wildman–Crippen MR) is 78.0 cm³/mol. The van der Waals surface area contributed by atoms with Gasteiger partial charge >= 0.3 is 0 Å². The average molecular weight is 301 g/mol. The van der Waals surface area contributed by atoms with Crippen molar-refractivity contribution in [2.75, 3.05) is 23.7 Å². The van der Waals surface area contributed by atoms with E-state index in [1.54, 1.807) is 16.9 Å². The Morgan fingerprint density at radius 2 is 2.35 bits per heavy atom. The van der Waals surface area contributed by atoms with Gasteiger partial charge in [-0.05, 0) is 18.8 Å². The average Bonchev–Trinajstić information content (AvgIpc) is 3.00. The minimum absolute atomic E-state index is 0.141. The molecule has 1 aromatic rings. The molecule has 0 radical (unpaired) electrons. The van der Waals surface area contributed by atoms with E-state index in [1.807, 2.05) is 13.8 Å². The highest BCUT2D eigenvalue weighted by Gasteiger charge is 2.19. The topological polar surface area (TPSA) is 73.2 Å². The van der Waals surface area contributed by atoms with Crippen molar-refractivity contribution in [3.05, 3.63) is 12.3 Å². The van der Waals surface area contributed by atoms with Gasteiger partial charge in [0.25, 0.3) is 0 Å². The van der Waals surface area contributed by atoms with Gasteiger partial charge in [0.2, 0.25) is 10.0 Å². The Kier molecular flexibility index (Phi) is 5.04. The lowest BCUT2D eigenvalue weighted by molar-refractivity contribution is 0.181. The molecule has 0 aromatic carbocycles. The molecule has 1 unspecified atom stereocenters. The molecule has 1 aliphatic heterocycles. The standard InChI is InChI=1S/C13H23N3O3S/c1-11(2)5-8-20(17,18)15-13-3-6-14-16(13)9-12-4-7-19-10-12/h3,6,11-12,15H,4-5,7-10H2,1-2H3. The maximum absolute atomic E-state index is 12.0. The third-order valence-corrected chi connectivity index (χ3v) is 4.69. The SMILES string of the molecule is CC(C)CCS(=O)(=O)Nc1ccnn1CC1CCOC1. The minimum atomic E-state index is -3.30. The zero-order valence-corrected chi connectivity index (χ0v) is 12.9. The van der Waals surface area contributed by atoms with E-state index in [0.29, 0.717) is 30.6 Å². The van der Waals surface area contributed by atoms with E-state index < -0.39 is 10.0 Å². The lowest BCUT2D eigenvalue weighted by Crippen LogP contribution is -2.21. The van der Waals surface area contributed by atoms with Gasteiger partial charge in [0.15, 0.2) is 0 Å². The van der Waals surface area contributed by atoms with Crippen LogP contribution in [0.15, 0.2) is 12.3 Å². The number of rotatable bonds is 7. The first-order chi connectivity index (χ1) is 9.46. The molecule has 1 saturated heterocycles.